The molecule has 0 saturated carbocycles. The smallest absolute Gasteiger partial charge is 0.0451 e. The van der Waals surface area contributed by atoms with Crippen LogP contribution in [0.1, 0.15) is 31.7 Å². The zero-order valence-corrected chi connectivity index (χ0v) is 12.5. The molecule has 1 rings (SSSR count). The second kappa shape index (κ2) is 9.06. The van der Waals surface area contributed by atoms with E-state index in [9.17, 15) is 19.8 Å². The van der Waals surface area contributed by atoms with Crippen LogP contribution in [0, 0.1) is 11.8 Å². The lowest BCUT2D eigenvalue weighted by Crippen LogP contribution is -2.43. The highest BCUT2D eigenvalue weighted by Crippen LogP contribution is 2.27. The molecule has 6 heteroatoms. The van der Waals surface area contributed by atoms with Gasteiger partial charge in [0.05, 0.1) is 0 Å². The molecule has 0 radical (unpaired) electrons. The summed E-state index contributed by atoms with van der Waals surface area (Å²) in [6.07, 6.45) is 0.224. The zero-order chi connectivity index (χ0) is 13.7. The number of carboxylic acid groups (broad SMARTS) is 2. The number of aliphatic carboxylic acids is 2. The van der Waals surface area contributed by atoms with E-state index in [0.29, 0.717) is 0 Å². The normalized spacial score (nSPS) is 14.1. The van der Waals surface area contributed by atoms with Crippen molar-refractivity contribution in [3.05, 3.63) is 35.9 Å². The van der Waals surface area contributed by atoms with E-state index in [1.165, 1.54) is 6.92 Å². The molecular weight excluding hydrogens is 260 g/mol. The van der Waals surface area contributed by atoms with Crippen LogP contribution in [0.2, 0.25) is 0 Å². The van der Waals surface area contributed by atoms with Gasteiger partial charge in [-0.05, 0) is 17.9 Å². The molecule has 0 saturated heterocycles. The number of hydrogen-bond acceptors (Lipinski definition) is 4. The second-order valence-corrected chi connectivity index (χ2v) is 4.58. The Morgan fingerprint density at radius 3 is 1.90 bits per heavy atom. The van der Waals surface area contributed by atoms with Crippen molar-refractivity contribution in [3.63, 3.8) is 0 Å². The monoisotopic (exact) mass is 284 g/mol. The highest BCUT2D eigenvalue weighted by Gasteiger charge is 2.22. The van der Waals surface area contributed by atoms with Gasteiger partial charge in [-0.15, -0.1) is 0 Å². The van der Waals surface area contributed by atoms with Gasteiger partial charge in [-0.3, -0.25) is 0 Å². The second-order valence-electron chi connectivity index (χ2n) is 4.58. The van der Waals surface area contributed by atoms with E-state index in [4.69, 9.17) is 0 Å². The maximum atomic E-state index is 11.0. The Bertz CT molecular complexity index is 422. The Hall–Kier alpha value is -1.92. The number of benzene rings is 1. The number of carbonyl (C=O) groups excluding carboxylic acids is 2. The third-order valence-electron chi connectivity index (χ3n) is 3.25. The van der Waals surface area contributed by atoms with Crippen LogP contribution in [0.3, 0.4) is 0 Å². The topological polar surface area (TPSA) is 153 Å². The molecule has 0 aromatic heterocycles. The molecule has 1 aromatic carbocycles. The molecule has 0 heterocycles. The highest BCUT2D eigenvalue weighted by atomic mass is 16.4. The number of quaternary nitrogens is 2. The van der Waals surface area contributed by atoms with Crippen molar-refractivity contribution >= 4 is 11.9 Å². The van der Waals surface area contributed by atoms with Crippen LogP contribution in [0.5, 0.6) is 0 Å². The molecule has 20 heavy (non-hydrogen) atoms. The maximum absolute atomic E-state index is 11.0. The van der Waals surface area contributed by atoms with Gasteiger partial charge in [0.1, 0.15) is 0 Å². The highest BCUT2D eigenvalue weighted by molar-refractivity contribution is 5.77. The third kappa shape index (κ3) is 5.38. The maximum Gasteiger partial charge on any atom is 0.0451 e. The summed E-state index contributed by atoms with van der Waals surface area (Å²) >= 11 is 0. The average Bonchev–Trinajstić information content (AvgIpc) is 2.35. The van der Waals surface area contributed by atoms with Crippen LogP contribution >= 0.6 is 0 Å². The van der Waals surface area contributed by atoms with Gasteiger partial charge < -0.3 is 32.1 Å². The van der Waals surface area contributed by atoms with Crippen LogP contribution in [0.4, 0.5) is 0 Å². The fraction of sp³-hybridized carbons (Fsp3) is 0.429. The van der Waals surface area contributed by atoms with E-state index >= 15 is 0 Å². The van der Waals surface area contributed by atoms with Crippen LogP contribution < -0.4 is 22.5 Å². The lowest BCUT2D eigenvalue weighted by atomic mass is 9.83. The molecule has 0 spiro atoms. The molecule has 0 aliphatic heterocycles. The van der Waals surface area contributed by atoms with E-state index in [0.717, 1.165) is 5.56 Å². The van der Waals surface area contributed by atoms with Gasteiger partial charge >= 0.3 is 0 Å². The largest absolute Gasteiger partial charge is 0.550 e. The quantitative estimate of drug-likeness (QED) is 0.788. The molecule has 0 bridgehead atoms. The van der Waals surface area contributed by atoms with Crippen molar-refractivity contribution < 1.29 is 19.8 Å². The summed E-state index contributed by atoms with van der Waals surface area (Å²) in [7, 11) is 0. The van der Waals surface area contributed by atoms with Gasteiger partial charge in [0.2, 0.25) is 0 Å². The molecule has 114 valence electrons. The Labute approximate surface area is 119 Å². The fourth-order valence-electron chi connectivity index (χ4n) is 1.97. The molecule has 1 aromatic rings. The van der Waals surface area contributed by atoms with Gasteiger partial charge in [-0.1, -0.05) is 44.2 Å². The van der Waals surface area contributed by atoms with Crippen LogP contribution in [-0.4, -0.2) is 11.9 Å². The third-order valence-corrected chi connectivity index (χ3v) is 3.25. The van der Waals surface area contributed by atoms with Gasteiger partial charge in [0.25, 0.3) is 0 Å². The van der Waals surface area contributed by atoms with E-state index in [2.05, 4.69) is 0 Å². The zero-order valence-electron chi connectivity index (χ0n) is 12.5. The Morgan fingerprint density at radius 1 is 1.00 bits per heavy atom. The van der Waals surface area contributed by atoms with Crippen LogP contribution in [0.15, 0.2) is 30.3 Å². The molecule has 3 unspecified atom stereocenters. The Kier molecular flexibility index (Phi) is 9.24. The van der Waals surface area contributed by atoms with Crippen molar-refractivity contribution in [2.75, 3.05) is 0 Å². The molecule has 8 N–H and O–H groups in total. The minimum atomic E-state index is -1.36. The van der Waals surface area contributed by atoms with Gasteiger partial charge in [0, 0.05) is 23.8 Å². The van der Waals surface area contributed by atoms with Crippen LogP contribution in [-0.2, 0) is 9.59 Å². The number of carboxylic acids is 2. The van der Waals surface area contributed by atoms with Crippen molar-refractivity contribution in [1.29, 1.82) is 0 Å². The summed E-state index contributed by atoms with van der Waals surface area (Å²) in [4.78, 5) is 21.8. The van der Waals surface area contributed by atoms with Crippen molar-refractivity contribution in [2.45, 2.75) is 26.2 Å². The predicted molar refractivity (Wildman–Crippen MR) is 74.1 cm³/mol. The number of rotatable bonds is 6. The van der Waals surface area contributed by atoms with Gasteiger partial charge in [-0.2, -0.15) is 0 Å². The summed E-state index contributed by atoms with van der Waals surface area (Å²) in [5.74, 6) is -4.83. The predicted octanol–water partition coefficient (Wildman–Crippen LogP) is 0.685. The first-order chi connectivity index (χ1) is 8.43. The van der Waals surface area contributed by atoms with E-state index < -0.39 is 23.8 Å². The molecule has 0 amide bonds. The van der Waals surface area contributed by atoms with Crippen LogP contribution in [0.25, 0.3) is 0 Å². The minimum absolute atomic E-state index is 0. The molecule has 0 fully saturated rings. The summed E-state index contributed by atoms with van der Waals surface area (Å²) < 4.78 is 0. The van der Waals surface area contributed by atoms with E-state index in [1.807, 2.05) is 37.3 Å². The first kappa shape index (κ1) is 20.4. The van der Waals surface area contributed by atoms with Gasteiger partial charge in [-0.25, -0.2) is 0 Å². The average molecular weight is 284 g/mol. The van der Waals surface area contributed by atoms with Crippen molar-refractivity contribution in [2.24, 2.45) is 11.8 Å². The standard InChI is InChI=1S/C14H18O4.2H3N/c1-9(11-6-4-3-5-7-11)8-12(14(17)18)10(2)13(15)16;;/h3-7,9-10,12H,8H2,1-2H3,(H,15,16)(H,17,18);2*1H3. The van der Waals surface area contributed by atoms with E-state index in [-0.39, 0.29) is 24.6 Å². The molecule has 0 aliphatic rings. The Morgan fingerprint density at radius 2 is 1.50 bits per heavy atom. The first-order valence-electron chi connectivity index (χ1n) is 5.90. The summed E-state index contributed by atoms with van der Waals surface area (Å²) in [6.45, 7) is 3.21. The number of carbonyl (C=O) groups is 2. The summed E-state index contributed by atoms with van der Waals surface area (Å²) in [6, 6.07) is 9.38. The minimum Gasteiger partial charge on any atom is -0.550 e. The lowest BCUT2D eigenvalue weighted by Gasteiger charge is -2.28. The molecular formula is C14H24N2O4. The van der Waals surface area contributed by atoms with Gasteiger partial charge in [0.15, 0.2) is 0 Å². The summed E-state index contributed by atoms with van der Waals surface area (Å²) in [5.41, 5.74) is 0.981. The Balaban J connectivity index is 0. The number of hydrogen-bond donors (Lipinski definition) is 2. The fourth-order valence-corrected chi connectivity index (χ4v) is 1.97. The molecule has 0 aliphatic carbocycles. The molecule has 6 nitrogen and oxygen atoms in total. The van der Waals surface area contributed by atoms with Crippen molar-refractivity contribution in [1.82, 2.24) is 12.3 Å². The molecule has 3 atom stereocenters. The SMILES string of the molecule is CC(CC(C(=O)[O-])C(C)C(=O)[O-])c1ccccc1.[NH4+].[NH4+]. The summed E-state index contributed by atoms with van der Waals surface area (Å²) in [5, 5.41) is 21.8. The van der Waals surface area contributed by atoms with E-state index in [1.54, 1.807) is 0 Å². The first-order valence-corrected chi connectivity index (χ1v) is 5.90. The lowest BCUT2D eigenvalue weighted by molar-refractivity contribution is -0.326. The van der Waals surface area contributed by atoms with Crippen molar-refractivity contribution in [3.8, 4) is 0 Å².